The Balaban J connectivity index is 2.15. The number of aromatic nitrogens is 2. The molecule has 0 aliphatic heterocycles. The summed E-state index contributed by atoms with van der Waals surface area (Å²) in [7, 11) is -1.10. The molecule has 3 nitrogen and oxygen atoms in total. The van der Waals surface area contributed by atoms with Crippen LogP contribution in [0.1, 0.15) is 0 Å². The molecule has 0 aliphatic rings. The van der Waals surface area contributed by atoms with Gasteiger partial charge in [0.2, 0.25) is 0 Å². The molecule has 0 radical (unpaired) electrons. The van der Waals surface area contributed by atoms with Crippen LogP contribution in [0, 0.1) is 5.82 Å². The summed E-state index contributed by atoms with van der Waals surface area (Å²) in [5.74, 6) is 0.484. The van der Waals surface area contributed by atoms with E-state index in [1.807, 2.05) is 4.57 Å². The molecule has 0 aliphatic carbocycles. The summed E-state index contributed by atoms with van der Waals surface area (Å²) in [5.41, 5.74) is 0.849. The summed E-state index contributed by atoms with van der Waals surface area (Å²) in [6.45, 7) is 8.12. The van der Waals surface area contributed by atoms with E-state index in [2.05, 4.69) is 56.5 Å². The molecule has 0 amide bonds. The molecule has 0 saturated heterocycles. The van der Waals surface area contributed by atoms with Crippen LogP contribution >= 0.6 is 31.9 Å². The smallest absolute Gasteiger partial charge is 0.144 e. The molecule has 0 saturated carbocycles. The lowest BCUT2D eigenvalue weighted by atomic mass is 10.2. The quantitative estimate of drug-likeness (QED) is 0.428. The molecular weight excluding hydrogens is 431 g/mol. The molecule has 22 heavy (non-hydrogen) atoms. The van der Waals surface area contributed by atoms with Crippen LogP contribution in [-0.2, 0) is 11.5 Å². The summed E-state index contributed by atoms with van der Waals surface area (Å²) >= 11 is 6.93. The van der Waals surface area contributed by atoms with Gasteiger partial charge in [-0.15, -0.1) is 0 Å². The molecule has 1 aromatic carbocycles. The summed E-state index contributed by atoms with van der Waals surface area (Å²) < 4.78 is 22.3. The maximum Gasteiger partial charge on any atom is 0.144 e. The Kier molecular flexibility index (Phi) is 5.98. The topological polar surface area (TPSA) is 27.1 Å². The number of rotatable bonds is 6. The number of hydrogen-bond acceptors (Lipinski definition) is 2. The Hall–Kier alpha value is -0.503. The zero-order chi connectivity index (χ0) is 16.3. The standard InChI is InChI=1S/C15H19Br2FN2OSi/c1-22(2,3)9-8-21-10-20-14(17)13(16)19-15(20)11-4-6-12(18)7-5-11/h4-7H,8-10H2,1-3H3. The first-order valence-electron chi connectivity index (χ1n) is 7.03. The van der Waals surface area contributed by atoms with Crippen LogP contribution in [0.3, 0.4) is 0 Å². The van der Waals surface area contributed by atoms with E-state index in [0.717, 1.165) is 28.6 Å². The van der Waals surface area contributed by atoms with E-state index in [0.29, 0.717) is 11.3 Å². The maximum atomic E-state index is 13.1. The van der Waals surface area contributed by atoms with Gasteiger partial charge in [0.05, 0.1) is 0 Å². The van der Waals surface area contributed by atoms with Gasteiger partial charge >= 0.3 is 0 Å². The SMILES string of the molecule is C[Si](C)(C)CCOCn1c(-c2ccc(F)cc2)nc(Br)c1Br. The van der Waals surface area contributed by atoms with Crippen LogP contribution in [0.2, 0.25) is 25.7 Å². The zero-order valence-electron chi connectivity index (χ0n) is 12.9. The summed E-state index contributed by atoms with van der Waals surface area (Å²) in [4.78, 5) is 4.48. The first-order valence-corrected chi connectivity index (χ1v) is 12.3. The van der Waals surface area contributed by atoms with Gasteiger partial charge < -0.3 is 4.74 Å². The van der Waals surface area contributed by atoms with Crippen LogP contribution in [0.25, 0.3) is 11.4 Å². The normalized spacial score (nSPS) is 11.9. The van der Waals surface area contributed by atoms with E-state index in [1.165, 1.54) is 12.1 Å². The maximum absolute atomic E-state index is 13.1. The highest BCUT2D eigenvalue weighted by atomic mass is 79.9. The lowest BCUT2D eigenvalue weighted by Crippen LogP contribution is -2.22. The lowest BCUT2D eigenvalue weighted by Gasteiger charge is -2.16. The number of benzene rings is 1. The monoisotopic (exact) mass is 448 g/mol. The van der Waals surface area contributed by atoms with Gasteiger partial charge in [0, 0.05) is 20.2 Å². The molecule has 0 fully saturated rings. The first kappa shape index (κ1) is 17.8. The van der Waals surface area contributed by atoms with Crippen molar-refractivity contribution in [2.24, 2.45) is 0 Å². The Bertz CT molecular complexity index is 638. The van der Waals surface area contributed by atoms with Crippen LogP contribution in [0.15, 0.2) is 33.5 Å². The molecule has 0 atom stereocenters. The summed E-state index contributed by atoms with van der Waals surface area (Å²) in [5, 5.41) is 0. The second-order valence-corrected chi connectivity index (χ2v) is 13.4. The first-order chi connectivity index (χ1) is 10.3. The molecule has 0 bridgehead atoms. The lowest BCUT2D eigenvalue weighted by molar-refractivity contribution is 0.0868. The minimum Gasteiger partial charge on any atom is -0.361 e. The second-order valence-electron chi connectivity index (χ2n) is 6.30. The van der Waals surface area contributed by atoms with E-state index in [4.69, 9.17) is 4.74 Å². The molecule has 1 heterocycles. The Morgan fingerprint density at radius 3 is 2.41 bits per heavy atom. The van der Waals surface area contributed by atoms with E-state index in [1.54, 1.807) is 12.1 Å². The van der Waals surface area contributed by atoms with Gasteiger partial charge in [-0.2, -0.15) is 0 Å². The highest BCUT2D eigenvalue weighted by molar-refractivity contribution is 9.13. The fraction of sp³-hybridized carbons (Fsp3) is 0.400. The van der Waals surface area contributed by atoms with Crippen LogP contribution < -0.4 is 0 Å². The number of nitrogens with zero attached hydrogens (tertiary/aromatic N) is 2. The fourth-order valence-corrected chi connectivity index (χ4v) is 3.37. The van der Waals surface area contributed by atoms with Crippen LogP contribution in [-0.4, -0.2) is 24.2 Å². The number of hydrogen-bond donors (Lipinski definition) is 0. The molecule has 2 rings (SSSR count). The van der Waals surface area contributed by atoms with Crippen LogP contribution in [0.5, 0.6) is 0 Å². The molecule has 7 heteroatoms. The Morgan fingerprint density at radius 1 is 1.18 bits per heavy atom. The largest absolute Gasteiger partial charge is 0.361 e. The molecule has 120 valence electrons. The minimum absolute atomic E-state index is 0.258. The predicted octanol–water partition coefficient (Wildman–Crippen LogP) is 5.53. The van der Waals surface area contributed by atoms with Gasteiger partial charge in [-0.25, -0.2) is 9.37 Å². The van der Waals surface area contributed by atoms with Gasteiger partial charge in [0.25, 0.3) is 0 Å². The van der Waals surface area contributed by atoms with Crippen molar-refractivity contribution in [3.63, 3.8) is 0 Å². The molecule has 0 unspecified atom stereocenters. The number of imidazole rings is 1. The Morgan fingerprint density at radius 2 is 1.82 bits per heavy atom. The number of halogens is 3. The molecular formula is C15H19Br2FN2OSi. The van der Waals surface area contributed by atoms with Gasteiger partial charge in [-0.3, -0.25) is 4.57 Å². The average molecular weight is 450 g/mol. The van der Waals surface area contributed by atoms with E-state index in [9.17, 15) is 4.39 Å². The van der Waals surface area contributed by atoms with E-state index >= 15 is 0 Å². The number of ether oxygens (including phenoxy) is 1. The van der Waals surface area contributed by atoms with Gasteiger partial charge in [0.1, 0.15) is 27.6 Å². The molecule has 0 spiro atoms. The van der Waals surface area contributed by atoms with Crippen molar-refractivity contribution in [2.45, 2.75) is 32.4 Å². The predicted molar refractivity (Wildman–Crippen MR) is 97.1 cm³/mol. The van der Waals surface area contributed by atoms with E-state index in [-0.39, 0.29) is 5.82 Å². The molecule has 0 N–H and O–H groups in total. The van der Waals surface area contributed by atoms with Crippen molar-refractivity contribution in [1.82, 2.24) is 9.55 Å². The molecule has 1 aromatic heterocycles. The van der Waals surface area contributed by atoms with Gasteiger partial charge in [-0.1, -0.05) is 19.6 Å². The van der Waals surface area contributed by atoms with Crippen molar-refractivity contribution >= 4 is 39.9 Å². The minimum atomic E-state index is -1.10. The third-order valence-electron chi connectivity index (χ3n) is 3.19. The third kappa shape index (κ3) is 4.74. The average Bonchev–Trinajstić information content (AvgIpc) is 2.71. The highest BCUT2D eigenvalue weighted by Crippen LogP contribution is 2.30. The summed E-state index contributed by atoms with van der Waals surface area (Å²) in [6, 6.07) is 7.42. The van der Waals surface area contributed by atoms with E-state index < -0.39 is 8.07 Å². The fourth-order valence-electron chi connectivity index (χ4n) is 1.88. The highest BCUT2D eigenvalue weighted by Gasteiger charge is 2.16. The van der Waals surface area contributed by atoms with Crippen molar-refractivity contribution < 1.29 is 9.13 Å². The van der Waals surface area contributed by atoms with Crippen LogP contribution in [0.4, 0.5) is 4.39 Å². The van der Waals surface area contributed by atoms with Gasteiger partial charge in [-0.05, 0) is 62.2 Å². The zero-order valence-corrected chi connectivity index (χ0v) is 17.0. The van der Waals surface area contributed by atoms with Crippen molar-refractivity contribution in [1.29, 1.82) is 0 Å². The van der Waals surface area contributed by atoms with Crippen molar-refractivity contribution in [3.05, 3.63) is 39.3 Å². The second kappa shape index (κ2) is 7.38. The van der Waals surface area contributed by atoms with Crippen molar-refractivity contribution in [2.75, 3.05) is 6.61 Å². The third-order valence-corrected chi connectivity index (χ3v) is 6.78. The Labute approximate surface area is 148 Å². The van der Waals surface area contributed by atoms with Crippen molar-refractivity contribution in [3.8, 4) is 11.4 Å². The summed E-state index contributed by atoms with van der Waals surface area (Å²) in [6.07, 6.45) is 0. The van der Waals surface area contributed by atoms with Gasteiger partial charge in [0.15, 0.2) is 0 Å². The molecule has 2 aromatic rings.